The van der Waals surface area contributed by atoms with E-state index >= 15 is 0 Å². The third-order valence-corrected chi connectivity index (χ3v) is 3.72. The van der Waals surface area contributed by atoms with Crippen molar-refractivity contribution in [3.63, 3.8) is 0 Å². The first kappa shape index (κ1) is 21.4. The summed E-state index contributed by atoms with van der Waals surface area (Å²) in [6, 6.07) is 10.5. The summed E-state index contributed by atoms with van der Waals surface area (Å²) >= 11 is 0. The minimum atomic E-state index is 0. The second-order valence-electron chi connectivity index (χ2n) is 6.00. The van der Waals surface area contributed by atoms with Gasteiger partial charge in [-0.3, -0.25) is 4.68 Å². The van der Waals surface area contributed by atoms with Crippen LogP contribution in [0.25, 0.3) is 0 Å². The summed E-state index contributed by atoms with van der Waals surface area (Å²) in [4.78, 5) is 6.90. The topological polar surface area (TPSA) is 57.5 Å². The quantitative estimate of drug-likeness (QED) is 0.382. The van der Waals surface area contributed by atoms with E-state index in [1.54, 1.807) is 6.20 Å². The number of guanidine groups is 1. The van der Waals surface area contributed by atoms with Gasteiger partial charge in [-0.15, -0.1) is 24.0 Å². The number of halogens is 1. The highest BCUT2D eigenvalue weighted by Crippen LogP contribution is 2.11. The van der Waals surface area contributed by atoms with Gasteiger partial charge in [0.15, 0.2) is 5.96 Å². The molecule has 2 rings (SSSR count). The molecule has 0 saturated carbocycles. The first-order chi connectivity index (χ1) is 11.6. The molecule has 25 heavy (non-hydrogen) atoms. The van der Waals surface area contributed by atoms with Gasteiger partial charge in [0.05, 0.1) is 18.8 Å². The Bertz CT molecular complexity index is 665. The molecule has 0 aliphatic heterocycles. The van der Waals surface area contributed by atoms with Gasteiger partial charge >= 0.3 is 0 Å². The van der Waals surface area contributed by atoms with Crippen molar-refractivity contribution in [2.75, 3.05) is 20.6 Å². The van der Waals surface area contributed by atoms with Crippen LogP contribution in [-0.2, 0) is 26.7 Å². The molecule has 2 aromatic rings. The molecular formula is C18H29IN6. The summed E-state index contributed by atoms with van der Waals surface area (Å²) in [7, 11) is 6.11. The van der Waals surface area contributed by atoms with Crippen LogP contribution in [0.3, 0.4) is 0 Å². The minimum Gasteiger partial charge on any atom is -0.357 e. The Balaban J connectivity index is 0.00000312. The molecule has 0 unspecified atom stereocenters. The Morgan fingerprint density at radius 3 is 2.48 bits per heavy atom. The molecule has 0 aliphatic carbocycles. The van der Waals surface area contributed by atoms with Crippen LogP contribution in [0, 0.1) is 0 Å². The summed E-state index contributed by atoms with van der Waals surface area (Å²) in [6.07, 6.45) is 1.80. The lowest BCUT2D eigenvalue weighted by Crippen LogP contribution is -2.37. The fraction of sp³-hybridized carbons (Fsp3) is 0.444. The maximum atomic E-state index is 4.73. The number of nitrogens with one attached hydrogen (secondary N) is 2. The highest BCUT2D eigenvalue weighted by atomic mass is 127. The highest BCUT2D eigenvalue weighted by Gasteiger charge is 2.04. The van der Waals surface area contributed by atoms with E-state index in [-0.39, 0.29) is 24.0 Å². The Morgan fingerprint density at radius 2 is 1.88 bits per heavy atom. The average molecular weight is 456 g/mol. The molecule has 0 atom stereocenters. The van der Waals surface area contributed by atoms with E-state index in [1.807, 2.05) is 17.8 Å². The van der Waals surface area contributed by atoms with Gasteiger partial charge in [-0.05, 0) is 38.2 Å². The van der Waals surface area contributed by atoms with Gasteiger partial charge in [0.2, 0.25) is 0 Å². The molecule has 0 spiro atoms. The first-order valence-electron chi connectivity index (χ1n) is 8.30. The van der Waals surface area contributed by atoms with Crippen molar-refractivity contribution in [2.45, 2.75) is 26.6 Å². The molecular weight excluding hydrogens is 427 g/mol. The molecule has 2 N–H and O–H groups in total. The Kier molecular flexibility index (Phi) is 9.51. The summed E-state index contributed by atoms with van der Waals surface area (Å²) < 4.78 is 1.86. The first-order valence-corrected chi connectivity index (χ1v) is 8.30. The number of aliphatic imine (C=N–C) groups is 1. The molecule has 0 aliphatic rings. The normalized spacial score (nSPS) is 11.3. The number of nitrogens with zero attached hydrogens (tertiary/aromatic N) is 4. The summed E-state index contributed by atoms with van der Waals surface area (Å²) in [5.41, 5.74) is 3.69. The van der Waals surface area contributed by atoms with Gasteiger partial charge in [-0.1, -0.05) is 24.3 Å². The van der Waals surface area contributed by atoms with Crippen LogP contribution in [0.15, 0.2) is 41.5 Å². The predicted octanol–water partition coefficient (Wildman–Crippen LogP) is 2.36. The minimum absolute atomic E-state index is 0. The zero-order valence-corrected chi connectivity index (χ0v) is 17.8. The molecule has 0 fully saturated rings. The Morgan fingerprint density at radius 1 is 1.16 bits per heavy atom. The van der Waals surface area contributed by atoms with Crippen LogP contribution in [0.1, 0.15) is 23.7 Å². The molecule has 0 amide bonds. The SMILES string of the molecule is CCNC(=NCc1ccccc1CN(C)C)NCc1ccnn1C.I. The fourth-order valence-corrected chi connectivity index (χ4v) is 2.46. The van der Waals surface area contributed by atoms with Gasteiger partial charge < -0.3 is 15.5 Å². The molecule has 0 saturated heterocycles. The van der Waals surface area contributed by atoms with Gasteiger partial charge in [0.1, 0.15) is 0 Å². The van der Waals surface area contributed by atoms with Crippen molar-refractivity contribution < 1.29 is 0 Å². The predicted molar refractivity (Wildman–Crippen MR) is 114 cm³/mol. The van der Waals surface area contributed by atoms with Crippen LogP contribution in [0.5, 0.6) is 0 Å². The van der Waals surface area contributed by atoms with E-state index in [4.69, 9.17) is 4.99 Å². The van der Waals surface area contributed by atoms with Crippen LogP contribution < -0.4 is 10.6 Å². The molecule has 7 heteroatoms. The third kappa shape index (κ3) is 7.03. The molecule has 138 valence electrons. The molecule has 6 nitrogen and oxygen atoms in total. The van der Waals surface area contributed by atoms with Gasteiger partial charge in [0, 0.05) is 26.3 Å². The van der Waals surface area contributed by atoms with Crippen LogP contribution in [-0.4, -0.2) is 41.3 Å². The van der Waals surface area contributed by atoms with Crippen LogP contribution in [0.4, 0.5) is 0 Å². The number of aryl methyl sites for hydroxylation is 1. The standard InChI is InChI=1S/C18H28N6.HI/c1-5-19-18(21-13-17-10-11-22-24(17)4)20-12-15-8-6-7-9-16(15)14-23(2)3;/h6-11H,5,12-14H2,1-4H3,(H2,19,20,21);1H. The number of hydrogen-bond acceptors (Lipinski definition) is 3. The van der Waals surface area contributed by atoms with E-state index in [9.17, 15) is 0 Å². The van der Waals surface area contributed by atoms with Crippen molar-refractivity contribution in [2.24, 2.45) is 12.0 Å². The van der Waals surface area contributed by atoms with Crippen molar-refractivity contribution in [1.29, 1.82) is 0 Å². The molecule has 0 bridgehead atoms. The van der Waals surface area contributed by atoms with Gasteiger partial charge in [0.25, 0.3) is 0 Å². The smallest absolute Gasteiger partial charge is 0.191 e. The number of benzene rings is 1. The van der Waals surface area contributed by atoms with Crippen molar-refractivity contribution in [1.82, 2.24) is 25.3 Å². The lowest BCUT2D eigenvalue weighted by atomic mass is 10.1. The Labute approximate surface area is 167 Å². The van der Waals surface area contributed by atoms with Gasteiger partial charge in [-0.25, -0.2) is 4.99 Å². The number of hydrogen-bond donors (Lipinski definition) is 2. The monoisotopic (exact) mass is 456 g/mol. The summed E-state index contributed by atoms with van der Waals surface area (Å²) in [5, 5.41) is 10.8. The van der Waals surface area contributed by atoms with E-state index in [2.05, 4.69) is 65.9 Å². The maximum absolute atomic E-state index is 4.73. The number of rotatable bonds is 7. The fourth-order valence-electron chi connectivity index (χ4n) is 2.46. The Hall–Kier alpha value is -1.61. The average Bonchev–Trinajstić information content (AvgIpc) is 2.96. The summed E-state index contributed by atoms with van der Waals surface area (Å²) in [6.45, 7) is 5.18. The molecule has 1 aromatic heterocycles. The zero-order chi connectivity index (χ0) is 17.4. The molecule has 1 aromatic carbocycles. The zero-order valence-electron chi connectivity index (χ0n) is 15.5. The van der Waals surface area contributed by atoms with Gasteiger partial charge in [-0.2, -0.15) is 5.10 Å². The van der Waals surface area contributed by atoms with Crippen LogP contribution >= 0.6 is 24.0 Å². The second-order valence-corrected chi connectivity index (χ2v) is 6.00. The summed E-state index contributed by atoms with van der Waals surface area (Å²) in [5.74, 6) is 0.818. The largest absolute Gasteiger partial charge is 0.357 e. The highest BCUT2D eigenvalue weighted by molar-refractivity contribution is 14.0. The van der Waals surface area contributed by atoms with E-state index in [0.717, 1.165) is 24.7 Å². The maximum Gasteiger partial charge on any atom is 0.191 e. The van der Waals surface area contributed by atoms with Crippen molar-refractivity contribution in [3.8, 4) is 0 Å². The van der Waals surface area contributed by atoms with Crippen molar-refractivity contribution in [3.05, 3.63) is 53.3 Å². The lowest BCUT2D eigenvalue weighted by Gasteiger charge is -2.14. The van der Waals surface area contributed by atoms with E-state index in [0.29, 0.717) is 13.1 Å². The second kappa shape index (κ2) is 11.1. The van der Waals surface area contributed by atoms with Crippen molar-refractivity contribution >= 4 is 29.9 Å². The van der Waals surface area contributed by atoms with E-state index < -0.39 is 0 Å². The number of aromatic nitrogens is 2. The van der Waals surface area contributed by atoms with Crippen LogP contribution in [0.2, 0.25) is 0 Å². The third-order valence-electron chi connectivity index (χ3n) is 3.72. The van der Waals surface area contributed by atoms with E-state index in [1.165, 1.54) is 11.1 Å². The molecule has 0 radical (unpaired) electrons. The lowest BCUT2D eigenvalue weighted by molar-refractivity contribution is 0.401. The molecule has 1 heterocycles.